The third-order valence-electron chi connectivity index (χ3n) is 5.57. The van der Waals surface area contributed by atoms with Gasteiger partial charge in [0.2, 0.25) is 5.91 Å². The van der Waals surface area contributed by atoms with Gasteiger partial charge in [-0.1, -0.05) is 36.0 Å². The van der Waals surface area contributed by atoms with Crippen LogP contribution in [0.2, 0.25) is 0 Å². The van der Waals surface area contributed by atoms with Crippen molar-refractivity contribution in [1.82, 2.24) is 4.90 Å². The monoisotopic (exact) mass is 421 g/mol. The molecule has 0 saturated carbocycles. The number of methoxy groups -OCH3 is 2. The van der Waals surface area contributed by atoms with Crippen molar-refractivity contribution in [2.24, 2.45) is 0 Å². The smallest absolute Gasteiger partial charge is 0.229 e. The van der Waals surface area contributed by atoms with Gasteiger partial charge in [0.25, 0.3) is 0 Å². The number of anilines is 1. The number of hydrogen-bond acceptors (Lipinski definition) is 6. The molecule has 1 atom stereocenters. The van der Waals surface area contributed by atoms with Crippen molar-refractivity contribution in [2.45, 2.75) is 19.3 Å². The maximum Gasteiger partial charge on any atom is 0.229 e. The van der Waals surface area contributed by atoms with E-state index in [9.17, 15) is 10.1 Å². The zero-order valence-corrected chi connectivity index (χ0v) is 18.0. The van der Waals surface area contributed by atoms with Crippen LogP contribution in [0.15, 0.2) is 53.1 Å². The SMILES string of the molecule is COc1ccc(C2CC(=O)N3CN(c4ccccc4C)CSC3=C2C#N)c(OC)c1. The molecule has 1 amide bonds. The lowest BCUT2D eigenvalue weighted by atomic mass is 9.86. The molecule has 0 N–H and O–H groups in total. The normalized spacial score (nSPS) is 18.7. The van der Waals surface area contributed by atoms with Crippen LogP contribution in [0.4, 0.5) is 5.69 Å². The van der Waals surface area contributed by atoms with Gasteiger partial charge in [-0.15, -0.1) is 0 Å². The standard InChI is InChI=1S/C23H23N3O3S/c1-15-6-4-5-7-20(15)25-13-26-22(27)11-18(19(12-24)23(26)30-14-25)17-9-8-16(28-2)10-21(17)29-3/h4-10,18H,11,13-14H2,1-3H3. The lowest BCUT2D eigenvalue weighted by Crippen LogP contribution is -2.47. The van der Waals surface area contributed by atoms with E-state index in [2.05, 4.69) is 30.0 Å². The van der Waals surface area contributed by atoms with Crippen LogP contribution in [0, 0.1) is 18.3 Å². The number of allylic oxidation sites excluding steroid dienone is 1. The maximum atomic E-state index is 13.1. The quantitative estimate of drug-likeness (QED) is 0.736. The van der Waals surface area contributed by atoms with Gasteiger partial charge in [-0.3, -0.25) is 9.69 Å². The molecule has 30 heavy (non-hydrogen) atoms. The molecule has 0 radical (unpaired) electrons. The molecule has 2 aliphatic heterocycles. The first kappa shape index (κ1) is 20.2. The van der Waals surface area contributed by atoms with Crippen molar-refractivity contribution >= 4 is 23.4 Å². The van der Waals surface area contributed by atoms with Crippen molar-refractivity contribution in [2.75, 3.05) is 31.7 Å². The van der Waals surface area contributed by atoms with E-state index in [-0.39, 0.29) is 18.2 Å². The van der Waals surface area contributed by atoms with Crippen LogP contribution >= 0.6 is 11.8 Å². The van der Waals surface area contributed by atoms with E-state index < -0.39 is 0 Å². The number of para-hydroxylation sites is 1. The number of ether oxygens (including phenoxy) is 2. The first-order valence-electron chi connectivity index (χ1n) is 9.67. The minimum atomic E-state index is -0.327. The Morgan fingerprint density at radius 3 is 2.67 bits per heavy atom. The average molecular weight is 422 g/mol. The summed E-state index contributed by atoms with van der Waals surface area (Å²) in [4.78, 5) is 17.0. The van der Waals surface area contributed by atoms with Crippen molar-refractivity contribution in [3.8, 4) is 17.6 Å². The molecule has 0 aromatic heterocycles. The van der Waals surface area contributed by atoms with E-state index in [1.165, 1.54) is 11.8 Å². The fraction of sp³-hybridized carbons (Fsp3) is 0.304. The summed E-state index contributed by atoms with van der Waals surface area (Å²) < 4.78 is 10.8. The van der Waals surface area contributed by atoms with E-state index in [0.29, 0.717) is 29.6 Å². The van der Waals surface area contributed by atoms with E-state index >= 15 is 0 Å². The molecule has 2 aromatic carbocycles. The Hall–Kier alpha value is -3.11. The Morgan fingerprint density at radius 1 is 1.17 bits per heavy atom. The summed E-state index contributed by atoms with van der Waals surface area (Å²) in [6.07, 6.45) is 0.233. The van der Waals surface area contributed by atoms with Crippen LogP contribution in [0.3, 0.4) is 0 Å². The highest BCUT2D eigenvalue weighted by Crippen LogP contribution is 2.46. The number of aryl methyl sites for hydroxylation is 1. The highest BCUT2D eigenvalue weighted by atomic mass is 32.2. The number of hydrogen-bond donors (Lipinski definition) is 0. The lowest BCUT2D eigenvalue weighted by Gasteiger charge is -2.42. The summed E-state index contributed by atoms with van der Waals surface area (Å²) in [7, 11) is 3.18. The minimum absolute atomic E-state index is 0.0117. The Morgan fingerprint density at radius 2 is 1.97 bits per heavy atom. The number of benzene rings is 2. The number of rotatable bonds is 4. The molecular weight excluding hydrogens is 398 g/mol. The minimum Gasteiger partial charge on any atom is -0.497 e. The van der Waals surface area contributed by atoms with Crippen LogP contribution in [0.25, 0.3) is 0 Å². The zero-order chi connectivity index (χ0) is 21.3. The molecule has 1 saturated heterocycles. The fourth-order valence-electron chi connectivity index (χ4n) is 4.01. The van der Waals surface area contributed by atoms with Crippen LogP contribution < -0.4 is 14.4 Å². The molecule has 2 heterocycles. The van der Waals surface area contributed by atoms with Crippen LogP contribution in [0.5, 0.6) is 11.5 Å². The van der Waals surface area contributed by atoms with Crippen molar-refractivity contribution in [1.29, 1.82) is 5.26 Å². The van der Waals surface area contributed by atoms with Gasteiger partial charge >= 0.3 is 0 Å². The van der Waals surface area contributed by atoms with Crippen LogP contribution in [0.1, 0.15) is 23.5 Å². The van der Waals surface area contributed by atoms with Crippen molar-refractivity contribution < 1.29 is 14.3 Å². The summed E-state index contributed by atoms with van der Waals surface area (Å²) in [6, 6.07) is 16.0. The predicted molar refractivity (Wildman–Crippen MR) is 117 cm³/mol. The zero-order valence-electron chi connectivity index (χ0n) is 17.2. The average Bonchev–Trinajstić information content (AvgIpc) is 2.78. The molecule has 2 aliphatic rings. The van der Waals surface area contributed by atoms with Gasteiger partial charge < -0.3 is 14.4 Å². The van der Waals surface area contributed by atoms with Gasteiger partial charge in [0.15, 0.2) is 0 Å². The molecule has 2 aromatic rings. The second-order valence-corrected chi connectivity index (χ2v) is 8.19. The number of carbonyl (C=O) groups excluding carboxylic acids is 1. The summed E-state index contributed by atoms with van der Waals surface area (Å²) >= 11 is 1.54. The second kappa shape index (κ2) is 8.33. The van der Waals surface area contributed by atoms with Gasteiger partial charge in [0.1, 0.15) is 11.5 Å². The Balaban J connectivity index is 1.70. The van der Waals surface area contributed by atoms with E-state index in [1.54, 1.807) is 25.2 Å². The first-order valence-corrected chi connectivity index (χ1v) is 10.7. The van der Waals surface area contributed by atoms with Crippen LogP contribution in [-0.4, -0.2) is 37.6 Å². The topological polar surface area (TPSA) is 65.8 Å². The molecule has 7 heteroatoms. The summed E-state index contributed by atoms with van der Waals surface area (Å²) in [5, 5.41) is 10.8. The number of thioether (sulfide) groups is 1. The van der Waals surface area contributed by atoms with E-state index in [1.807, 2.05) is 24.3 Å². The molecule has 4 rings (SSSR count). The Labute approximate surface area is 180 Å². The molecule has 154 valence electrons. The molecule has 0 spiro atoms. The van der Waals surface area contributed by atoms with Crippen molar-refractivity contribution in [3.63, 3.8) is 0 Å². The van der Waals surface area contributed by atoms with Gasteiger partial charge in [0.05, 0.1) is 43.4 Å². The van der Waals surface area contributed by atoms with Crippen molar-refractivity contribution in [3.05, 3.63) is 64.2 Å². The van der Waals surface area contributed by atoms with Gasteiger partial charge in [-0.2, -0.15) is 5.26 Å². The molecule has 0 bridgehead atoms. The van der Waals surface area contributed by atoms with E-state index in [4.69, 9.17) is 9.47 Å². The molecule has 1 fully saturated rings. The Kier molecular flexibility index (Phi) is 5.60. The third-order valence-corrected chi connectivity index (χ3v) is 6.72. The molecule has 0 aliphatic carbocycles. The summed E-state index contributed by atoms with van der Waals surface area (Å²) in [5.74, 6) is 1.66. The lowest BCUT2D eigenvalue weighted by molar-refractivity contribution is -0.129. The number of fused-ring (bicyclic) bond motifs is 1. The maximum absolute atomic E-state index is 13.1. The number of nitriles is 1. The highest BCUT2D eigenvalue weighted by Gasteiger charge is 2.39. The number of amides is 1. The van der Waals surface area contributed by atoms with Gasteiger partial charge in [0, 0.05) is 29.7 Å². The second-order valence-electron chi connectivity index (χ2n) is 7.26. The highest BCUT2D eigenvalue weighted by molar-refractivity contribution is 8.03. The largest absolute Gasteiger partial charge is 0.497 e. The van der Waals surface area contributed by atoms with Gasteiger partial charge in [-0.05, 0) is 24.6 Å². The Bertz CT molecular complexity index is 1060. The fourth-order valence-corrected chi connectivity index (χ4v) is 5.16. The van der Waals surface area contributed by atoms with Gasteiger partial charge in [-0.25, -0.2) is 0 Å². The van der Waals surface area contributed by atoms with E-state index in [0.717, 1.165) is 21.8 Å². The first-order chi connectivity index (χ1) is 14.6. The predicted octanol–water partition coefficient (Wildman–Crippen LogP) is 4.23. The van der Waals surface area contributed by atoms with Crippen LogP contribution in [-0.2, 0) is 4.79 Å². The third kappa shape index (κ3) is 3.48. The molecule has 1 unspecified atom stereocenters. The summed E-state index contributed by atoms with van der Waals surface area (Å²) in [6.45, 7) is 2.51. The molecular formula is C23H23N3O3S. The molecule has 6 nitrogen and oxygen atoms in total. The summed E-state index contributed by atoms with van der Waals surface area (Å²) in [5.41, 5.74) is 3.72. The number of carbonyl (C=O) groups is 1. The number of nitrogens with zero attached hydrogens (tertiary/aromatic N) is 3.